The second-order valence-electron chi connectivity index (χ2n) is 8.47. The highest BCUT2D eigenvalue weighted by molar-refractivity contribution is 5.95. The summed E-state index contributed by atoms with van der Waals surface area (Å²) in [6, 6.07) is 13.8. The first kappa shape index (κ1) is 19.6. The van der Waals surface area contributed by atoms with Crippen LogP contribution in [0.1, 0.15) is 49.7 Å². The minimum atomic E-state index is -0.0576. The molecule has 1 saturated heterocycles. The van der Waals surface area contributed by atoms with Gasteiger partial charge in [-0.2, -0.15) is 0 Å². The molecule has 0 spiro atoms. The summed E-state index contributed by atoms with van der Waals surface area (Å²) in [5.41, 5.74) is 3.41. The number of carbonyl (C=O) groups excluding carboxylic acids is 1. The lowest BCUT2D eigenvalue weighted by atomic mass is 9.78. The van der Waals surface area contributed by atoms with E-state index in [1.807, 2.05) is 49.4 Å². The Hall–Kier alpha value is -2.20. The molecule has 1 aliphatic rings. The number of carbonyl (C=O) groups is 1. The van der Waals surface area contributed by atoms with Crippen LogP contribution in [-0.2, 0) is 4.74 Å². The van der Waals surface area contributed by atoms with Gasteiger partial charge in [0.2, 0.25) is 0 Å². The number of nitrogens with one attached hydrogen (secondary N) is 1. The van der Waals surface area contributed by atoms with Crippen LogP contribution >= 0.6 is 0 Å². The van der Waals surface area contributed by atoms with Crippen LogP contribution in [0.4, 0.5) is 0 Å². The third-order valence-electron chi connectivity index (χ3n) is 5.22. The van der Waals surface area contributed by atoms with Crippen LogP contribution in [0.3, 0.4) is 0 Å². The third-order valence-corrected chi connectivity index (χ3v) is 5.22. The molecule has 2 aromatic rings. The number of hydrogen-bond acceptors (Lipinski definition) is 3. The molecule has 4 nitrogen and oxygen atoms in total. The molecule has 2 atom stereocenters. The van der Waals surface area contributed by atoms with E-state index in [4.69, 9.17) is 4.74 Å². The fourth-order valence-electron chi connectivity index (χ4n) is 3.90. The molecule has 1 N–H and O–H groups in total. The largest absolute Gasteiger partial charge is 0.377 e. The van der Waals surface area contributed by atoms with E-state index in [0.29, 0.717) is 18.0 Å². The predicted octanol–water partition coefficient (Wildman–Crippen LogP) is 4.63. The molecule has 0 bridgehead atoms. The summed E-state index contributed by atoms with van der Waals surface area (Å²) in [5, 5.41) is 3.11. The Labute approximate surface area is 162 Å². The first-order valence-electron chi connectivity index (χ1n) is 9.79. The van der Waals surface area contributed by atoms with Crippen molar-refractivity contribution in [2.45, 2.75) is 46.6 Å². The van der Waals surface area contributed by atoms with Gasteiger partial charge in [-0.1, -0.05) is 51.1 Å². The van der Waals surface area contributed by atoms with Gasteiger partial charge in [0.1, 0.15) is 0 Å². The average molecular weight is 367 g/mol. The van der Waals surface area contributed by atoms with Crippen LogP contribution in [-0.4, -0.2) is 30.1 Å². The van der Waals surface area contributed by atoms with Crippen molar-refractivity contribution in [1.82, 2.24) is 10.3 Å². The Bertz CT molecular complexity index is 781. The predicted molar refractivity (Wildman–Crippen MR) is 109 cm³/mol. The SMILES string of the molecule is Cc1nc(-c2ccccc2)ccc1C(=O)NC[C@@H]1CCCO[C@H]1C(C)(C)C. The number of rotatable bonds is 4. The second kappa shape index (κ2) is 8.22. The first-order valence-corrected chi connectivity index (χ1v) is 9.79. The van der Waals surface area contributed by atoms with Crippen molar-refractivity contribution >= 4 is 5.91 Å². The Morgan fingerprint density at radius 3 is 2.59 bits per heavy atom. The van der Waals surface area contributed by atoms with Crippen molar-refractivity contribution in [1.29, 1.82) is 0 Å². The van der Waals surface area contributed by atoms with Crippen LogP contribution in [0.15, 0.2) is 42.5 Å². The zero-order valence-electron chi connectivity index (χ0n) is 16.8. The van der Waals surface area contributed by atoms with Crippen molar-refractivity contribution in [3.8, 4) is 11.3 Å². The molecule has 3 rings (SSSR count). The lowest BCUT2D eigenvalue weighted by Crippen LogP contribution is -2.45. The Balaban J connectivity index is 1.67. The molecule has 1 aliphatic heterocycles. The third kappa shape index (κ3) is 4.75. The molecule has 1 aromatic carbocycles. The number of ether oxygens (including phenoxy) is 1. The molecule has 0 saturated carbocycles. The number of aryl methyl sites for hydroxylation is 1. The van der Waals surface area contributed by atoms with Gasteiger partial charge in [0.05, 0.1) is 23.1 Å². The Morgan fingerprint density at radius 2 is 1.93 bits per heavy atom. The molecular formula is C23H30N2O2. The quantitative estimate of drug-likeness (QED) is 0.858. The van der Waals surface area contributed by atoms with Gasteiger partial charge in [0, 0.05) is 24.6 Å². The van der Waals surface area contributed by atoms with E-state index in [0.717, 1.165) is 36.4 Å². The Morgan fingerprint density at radius 1 is 1.19 bits per heavy atom. The van der Waals surface area contributed by atoms with Crippen molar-refractivity contribution in [3.05, 3.63) is 53.7 Å². The van der Waals surface area contributed by atoms with E-state index in [1.165, 1.54) is 0 Å². The highest BCUT2D eigenvalue weighted by Crippen LogP contribution is 2.33. The number of nitrogens with zero attached hydrogens (tertiary/aromatic N) is 1. The van der Waals surface area contributed by atoms with Crippen LogP contribution in [0.5, 0.6) is 0 Å². The van der Waals surface area contributed by atoms with Gasteiger partial charge >= 0.3 is 0 Å². The lowest BCUT2D eigenvalue weighted by molar-refractivity contribution is -0.0839. The maximum Gasteiger partial charge on any atom is 0.253 e. The summed E-state index contributed by atoms with van der Waals surface area (Å²) in [6.07, 6.45) is 2.32. The van der Waals surface area contributed by atoms with Crippen LogP contribution < -0.4 is 5.32 Å². The first-order chi connectivity index (χ1) is 12.9. The van der Waals surface area contributed by atoms with Gasteiger partial charge in [-0.3, -0.25) is 9.78 Å². The highest BCUT2D eigenvalue weighted by Gasteiger charge is 2.35. The lowest BCUT2D eigenvalue weighted by Gasteiger charge is -2.40. The molecule has 1 fully saturated rings. The van der Waals surface area contributed by atoms with Gasteiger partial charge in [0.25, 0.3) is 5.91 Å². The molecule has 1 aromatic heterocycles. The van der Waals surface area contributed by atoms with Crippen molar-refractivity contribution in [2.75, 3.05) is 13.2 Å². The van der Waals surface area contributed by atoms with Gasteiger partial charge in [-0.25, -0.2) is 0 Å². The summed E-state index contributed by atoms with van der Waals surface area (Å²) in [4.78, 5) is 17.3. The van der Waals surface area contributed by atoms with Crippen LogP contribution in [0.25, 0.3) is 11.3 Å². The van der Waals surface area contributed by atoms with Gasteiger partial charge < -0.3 is 10.1 Å². The van der Waals surface area contributed by atoms with E-state index < -0.39 is 0 Å². The molecule has 144 valence electrons. The minimum Gasteiger partial charge on any atom is -0.377 e. The second-order valence-corrected chi connectivity index (χ2v) is 8.47. The standard InChI is InChI=1S/C23H30N2O2/c1-16-19(12-13-20(25-16)17-9-6-5-7-10-17)22(26)24-15-18-11-8-14-27-21(18)23(2,3)4/h5-7,9-10,12-13,18,21H,8,11,14-15H2,1-4H3,(H,24,26)/t18-,21+/m0/s1. The summed E-state index contributed by atoms with van der Waals surface area (Å²) in [7, 11) is 0. The molecule has 0 radical (unpaired) electrons. The van der Waals surface area contributed by atoms with Crippen molar-refractivity contribution in [3.63, 3.8) is 0 Å². The summed E-state index contributed by atoms with van der Waals surface area (Å²) in [6.45, 7) is 9.95. The van der Waals surface area contributed by atoms with Crippen LogP contribution in [0.2, 0.25) is 0 Å². The monoisotopic (exact) mass is 366 g/mol. The van der Waals surface area contributed by atoms with Crippen LogP contribution in [0, 0.1) is 18.3 Å². The topological polar surface area (TPSA) is 51.2 Å². The van der Waals surface area contributed by atoms with E-state index in [1.54, 1.807) is 0 Å². The molecule has 2 heterocycles. The molecule has 0 unspecified atom stereocenters. The number of benzene rings is 1. The fourth-order valence-corrected chi connectivity index (χ4v) is 3.90. The van der Waals surface area contributed by atoms with Crippen molar-refractivity contribution < 1.29 is 9.53 Å². The Kier molecular flexibility index (Phi) is 5.95. The van der Waals surface area contributed by atoms with E-state index >= 15 is 0 Å². The number of amides is 1. The zero-order valence-corrected chi connectivity index (χ0v) is 16.8. The maximum atomic E-state index is 12.7. The van der Waals surface area contributed by atoms with E-state index in [-0.39, 0.29) is 17.4 Å². The zero-order chi connectivity index (χ0) is 19.4. The number of hydrogen-bond donors (Lipinski definition) is 1. The minimum absolute atomic E-state index is 0.0576. The summed E-state index contributed by atoms with van der Waals surface area (Å²) < 4.78 is 6.02. The summed E-state index contributed by atoms with van der Waals surface area (Å²) in [5.74, 6) is 0.289. The molecule has 4 heteroatoms. The summed E-state index contributed by atoms with van der Waals surface area (Å²) >= 11 is 0. The van der Waals surface area contributed by atoms with Gasteiger partial charge in [-0.15, -0.1) is 0 Å². The highest BCUT2D eigenvalue weighted by atomic mass is 16.5. The number of aromatic nitrogens is 1. The smallest absolute Gasteiger partial charge is 0.253 e. The maximum absolute atomic E-state index is 12.7. The molecular weight excluding hydrogens is 336 g/mol. The fraction of sp³-hybridized carbons (Fsp3) is 0.478. The van der Waals surface area contributed by atoms with E-state index in [9.17, 15) is 4.79 Å². The molecule has 0 aliphatic carbocycles. The normalized spacial score (nSPS) is 20.3. The molecule has 1 amide bonds. The van der Waals surface area contributed by atoms with Crippen molar-refractivity contribution in [2.24, 2.45) is 11.3 Å². The average Bonchev–Trinajstić information content (AvgIpc) is 2.66. The number of pyridine rings is 1. The van der Waals surface area contributed by atoms with E-state index in [2.05, 4.69) is 31.1 Å². The van der Waals surface area contributed by atoms with Gasteiger partial charge in [-0.05, 0) is 37.3 Å². The van der Waals surface area contributed by atoms with Gasteiger partial charge in [0.15, 0.2) is 0 Å². The molecule has 27 heavy (non-hydrogen) atoms.